The fourth-order valence-corrected chi connectivity index (χ4v) is 2.97. The highest BCUT2D eigenvalue weighted by atomic mass is 19.1. The Bertz CT molecular complexity index is 998. The number of nitrogens with zero attached hydrogens (tertiary/aromatic N) is 2. The van der Waals surface area contributed by atoms with Crippen molar-refractivity contribution in [1.82, 2.24) is 15.2 Å². The number of amides is 1. The van der Waals surface area contributed by atoms with Gasteiger partial charge in [-0.2, -0.15) is 5.10 Å². The number of aromatic amines is 1. The summed E-state index contributed by atoms with van der Waals surface area (Å²) in [7, 11) is 0. The van der Waals surface area contributed by atoms with Crippen molar-refractivity contribution in [2.45, 2.75) is 31.5 Å². The van der Waals surface area contributed by atoms with E-state index >= 15 is 0 Å². The molecule has 2 unspecified atom stereocenters. The van der Waals surface area contributed by atoms with Gasteiger partial charge in [0, 0.05) is 10.9 Å². The molecule has 0 aliphatic heterocycles. The SMILES string of the molecule is O=C(Nc1ccc2c(-c3ccccc3OC3CC3)[nH]nc2n1)C1CC1F. The first-order valence-corrected chi connectivity index (χ1v) is 8.75. The second-order valence-corrected chi connectivity index (χ2v) is 6.83. The smallest absolute Gasteiger partial charge is 0.231 e. The first-order valence-electron chi connectivity index (χ1n) is 8.75. The van der Waals surface area contributed by atoms with E-state index in [-0.39, 0.29) is 5.91 Å². The van der Waals surface area contributed by atoms with Crippen molar-refractivity contribution in [3.63, 3.8) is 0 Å². The fraction of sp³-hybridized carbons (Fsp3) is 0.316. The van der Waals surface area contributed by atoms with Crippen LogP contribution in [0, 0.1) is 5.92 Å². The van der Waals surface area contributed by atoms with Gasteiger partial charge in [0.15, 0.2) is 5.65 Å². The number of nitrogens with one attached hydrogen (secondary N) is 2. The monoisotopic (exact) mass is 352 g/mol. The van der Waals surface area contributed by atoms with Crippen LogP contribution >= 0.6 is 0 Å². The summed E-state index contributed by atoms with van der Waals surface area (Å²) in [5.41, 5.74) is 2.25. The highest BCUT2D eigenvalue weighted by Gasteiger charge is 2.43. The lowest BCUT2D eigenvalue weighted by molar-refractivity contribution is -0.117. The Kier molecular flexibility index (Phi) is 3.41. The molecule has 2 aromatic heterocycles. The van der Waals surface area contributed by atoms with Crippen LogP contribution in [0.1, 0.15) is 19.3 Å². The van der Waals surface area contributed by atoms with E-state index in [1.54, 1.807) is 6.07 Å². The standard InChI is InChI=1S/C19H17FN4O2/c20-14-9-13(14)19(25)22-16-8-7-12-17(23-24-18(12)21-16)11-3-1-2-4-15(11)26-10-5-6-10/h1-4,7-8,10,13-14H,5-6,9H2,(H2,21,22,23,24,25). The summed E-state index contributed by atoms with van der Waals surface area (Å²) >= 11 is 0. The summed E-state index contributed by atoms with van der Waals surface area (Å²) in [6.45, 7) is 0. The van der Waals surface area contributed by atoms with Crippen LogP contribution in [0.4, 0.5) is 10.2 Å². The third-order valence-electron chi connectivity index (χ3n) is 4.69. The quantitative estimate of drug-likeness (QED) is 0.737. The number of hydrogen-bond acceptors (Lipinski definition) is 4. The Morgan fingerprint density at radius 2 is 2.04 bits per heavy atom. The number of fused-ring (bicyclic) bond motifs is 1. The predicted octanol–water partition coefficient (Wildman–Crippen LogP) is 3.46. The molecule has 5 rings (SSSR count). The molecule has 7 heteroatoms. The highest BCUT2D eigenvalue weighted by Crippen LogP contribution is 2.37. The lowest BCUT2D eigenvalue weighted by atomic mass is 10.1. The summed E-state index contributed by atoms with van der Waals surface area (Å²) in [6.07, 6.45) is 1.73. The summed E-state index contributed by atoms with van der Waals surface area (Å²) in [6, 6.07) is 11.4. The van der Waals surface area contributed by atoms with Gasteiger partial charge in [-0.3, -0.25) is 9.89 Å². The zero-order valence-electron chi connectivity index (χ0n) is 13.9. The molecule has 3 aromatic rings. The van der Waals surface area contributed by atoms with Gasteiger partial charge >= 0.3 is 0 Å². The number of carbonyl (C=O) groups excluding carboxylic acids is 1. The minimum absolute atomic E-state index is 0.290. The van der Waals surface area contributed by atoms with E-state index < -0.39 is 12.1 Å². The highest BCUT2D eigenvalue weighted by molar-refractivity contribution is 5.97. The van der Waals surface area contributed by atoms with Gasteiger partial charge in [-0.25, -0.2) is 9.37 Å². The summed E-state index contributed by atoms with van der Waals surface area (Å²) in [5, 5.41) is 10.8. The van der Waals surface area contributed by atoms with Gasteiger partial charge in [0.25, 0.3) is 0 Å². The van der Waals surface area contributed by atoms with Crippen molar-refractivity contribution in [3.8, 4) is 17.0 Å². The van der Waals surface area contributed by atoms with Gasteiger partial charge < -0.3 is 10.1 Å². The van der Waals surface area contributed by atoms with Crippen LogP contribution < -0.4 is 10.1 Å². The average Bonchev–Trinajstić information content (AvgIpc) is 3.55. The molecule has 2 atom stereocenters. The number of ether oxygens (including phenoxy) is 1. The van der Waals surface area contributed by atoms with E-state index in [1.165, 1.54) is 0 Å². The number of halogens is 1. The molecule has 0 bridgehead atoms. The lowest BCUT2D eigenvalue weighted by Gasteiger charge is -2.09. The van der Waals surface area contributed by atoms with Gasteiger partial charge in [0.2, 0.25) is 5.91 Å². The van der Waals surface area contributed by atoms with E-state index in [4.69, 9.17) is 4.74 Å². The molecule has 2 saturated carbocycles. The minimum Gasteiger partial charge on any atom is -0.490 e. The molecule has 2 heterocycles. The third kappa shape index (κ3) is 2.79. The fourth-order valence-electron chi connectivity index (χ4n) is 2.97. The van der Waals surface area contributed by atoms with E-state index in [1.807, 2.05) is 30.3 Å². The number of alkyl halides is 1. The molecule has 132 valence electrons. The van der Waals surface area contributed by atoms with Crippen molar-refractivity contribution in [2.24, 2.45) is 5.92 Å². The van der Waals surface area contributed by atoms with Gasteiger partial charge in [-0.1, -0.05) is 12.1 Å². The van der Waals surface area contributed by atoms with Crippen molar-refractivity contribution >= 4 is 22.8 Å². The maximum Gasteiger partial charge on any atom is 0.231 e. The largest absolute Gasteiger partial charge is 0.490 e. The van der Waals surface area contributed by atoms with Crippen molar-refractivity contribution in [3.05, 3.63) is 36.4 Å². The lowest BCUT2D eigenvalue weighted by Crippen LogP contribution is -2.15. The van der Waals surface area contributed by atoms with E-state index in [0.29, 0.717) is 24.0 Å². The first-order chi connectivity index (χ1) is 12.7. The molecule has 0 radical (unpaired) electrons. The van der Waals surface area contributed by atoms with Gasteiger partial charge in [-0.05, 0) is 43.5 Å². The van der Waals surface area contributed by atoms with Crippen molar-refractivity contribution in [2.75, 3.05) is 5.32 Å². The number of H-pyrrole nitrogens is 1. The summed E-state index contributed by atoms with van der Waals surface area (Å²) in [5.74, 6) is 0.319. The number of para-hydroxylation sites is 1. The van der Waals surface area contributed by atoms with Crippen LogP contribution in [0.15, 0.2) is 36.4 Å². The number of carbonyl (C=O) groups is 1. The zero-order valence-corrected chi connectivity index (χ0v) is 13.9. The Hall–Kier alpha value is -2.96. The number of rotatable bonds is 5. The van der Waals surface area contributed by atoms with Crippen LogP contribution in [-0.4, -0.2) is 33.4 Å². The Morgan fingerprint density at radius 1 is 1.23 bits per heavy atom. The Balaban J connectivity index is 1.45. The number of hydrogen-bond donors (Lipinski definition) is 2. The van der Waals surface area contributed by atoms with E-state index in [2.05, 4.69) is 20.5 Å². The Labute approximate surface area is 148 Å². The van der Waals surface area contributed by atoms with Crippen LogP contribution in [0.25, 0.3) is 22.3 Å². The minimum atomic E-state index is -1.03. The molecular formula is C19H17FN4O2. The molecule has 0 spiro atoms. The van der Waals surface area contributed by atoms with Crippen molar-refractivity contribution in [1.29, 1.82) is 0 Å². The van der Waals surface area contributed by atoms with E-state index in [0.717, 1.165) is 35.2 Å². The van der Waals surface area contributed by atoms with Gasteiger partial charge in [0.1, 0.15) is 17.7 Å². The van der Waals surface area contributed by atoms with Crippen molar-refractivity contribution < 1.29 is 13.9 Å². The summed E-state index contributed by atoms with van der Waals surface area (Å²) < 4.78 is 19.0. The van der Waals surface area contributed by atoms with Crippen LogP contribution in [0.5, 0.6) is 5.75 Å². The topological polar surface area (TPSA) is 79.9 Å². The average molecular weight is 352 g/mol. The number of anilines is 1. The normalized spacial score (nSPS) is 21.6. The molecule has 0 saturated heterocycles. The molecule has 1 aromatic carbocycles. The molecule has 2 aliphatic rings. The molecule has 2 fully saturated rings. The second-order valence-electron chi connectivity index (χ2n) is 6.83. The molecule has 2 N–H and O–H groups in total. The summed E-state index contributed by atoms with van der Waals surface area (Å²) in [4.78, 5) is 16.2. The molecule has 6 nitrogen and oxygen atoms in total. The van der Waals surface area contributed by atoms with Crippen LogP contribution in [0.2, 0.25) is 0 Å². The number of benzene rings is 1. The maximum absolute atomic E-state index is 13.0. The third-order valence-corrected chi connectivity index (χ3v) is 4.69. The number of pyridine rings is 1. The van der Waals surface area contributed by atoms with Crippen LogP contribution in [0.3, 0.4) is 0 Å². The Morgan fingerprint density at radius 3 is 2.81 bits per heavy atom. The van der Waals surface area contributed by atoms with E-state index in [9.17, 15) is 9.18 Å². The number of aromatic nitrogens is 3. The maximum atomic E-state index is 13.0. The van der Waals surface area contributed by atoms with Crippen LogP contribution in [-0.2, 0) is 4.79 Å². The van der Waals surface area contributed by atoms with Gasteiger partial charge in [0.05, 0.1) is 17.7 Å². The molecular weight excluding hydrogens is 335 g/mol. The molecule has 26 heavy (non-hydrogen) atoms. The first kappa shape index (κ1) is 15.3. The molecule has 1 amide bonds. The zero-order chi connectivity index (χ0) is 17.7. The predicted molar refractivity (Wildman–Crippen MR) is 94.6 cm³/mol. The van der Waals surface area contributed by atoms with Gasteiger partial charge in [-0.15, -0.1) is 0 Å². The second kappa shape index (κ2) is 5.79. The molecule has 2 aliphatic carbocycles.